The first-order valence-corrected chi connectivity index (χ1v) is 6.24. The van der Waals surface area contributed by atoms with Crippen molar-refractivity contribution in [2.45, 2.75) is 39.2 Å². The number of hydrogen-bond donors (Lipinski definition) is 2. The van der Waals surface area contributed by atoms with Crippen molar-refractivity contribution in [2.75, 3.05) is 13.1 Å². The van der Waals surface area contributed by atoms with Crippen molar-refractivity contribution in [1.29, 1.82) is 0 Å². The van der Waals surface area contributed by atoms with Gasteiger partial charge in [0.15, 0.2) is 0 Å². The van der Waals surface area contributed by atoms with Gasteiger partial charge in [0.1, 0.15) is 6.54 Å². The summed E-state index contributed by atoms with van der Waals surface area (Å²) >= 11 is 0. The summed E-state index contributed by atoms with van der Waals surface area (Å²) < 4.78 is 0. The molecular formula is C12H20N2O4. The highest BCUT2D eigenvalue weighted by molar-refractivity contribution is 5.86. The number of carbonyl (C=O) groups is 3. The van der Waals surface area contributed by atoms with Gasteiger partial charge in [0, 0.05) is 19.0 Å². The van der Waals surface area contributed by atoms with Gasteiger partial charge in [0.25, 0.3) is 0 Å². The molecule has 102 valence electrons. The van der Waals surface area contributed by atoms with Crippen molar-refractivity contribution in [1.82, 2.24) is 10.2 Å². The summed E-state index contributed by atoms with van der Waals surface area (Å²) in [6.45, 7) is 3.78. The second kappa shape index (κ2) is 6.37. The average molecular weight is 256 g/mol. The highest BCUT2D eigenvalue weighted by atomic mass is 16.4. The molecular weight excluding hydrogens is 236 g/mol. The molecule has 0 spiro atoms. The van der Waals surface area contributed by atoms with Gasteiger partial charge in [-0.05, 0) is 19.8 Å². The third-order valence-electron chi connectivity index (χ3n) is 3.33. The lowest BCUT2D eigenvalue weighted by molar-refractivity contribution is -0.149. The summed E-state index contributed by atoms with van der Waals surface area (Å²) in [4.78, 5) is 35.5. The van der Waals surface area contributed by atoms with Crippen LogP contribution in [0.5, 0.6) is 0 Å². The van der Waals surface area contributed by atoms with Gasteiger partial charge in [0.05, 0.1) is 5.92 Å². The van der Waals surface area contributed by atoms with E-state index < -0.39 is 5.97 Å². The molecule has 1 aliphatic rings. The van der Waals surface area contributed by atoms with E-state index in [0.29, 0.717) is 25.8 Å². The van der Waals surface area contributed by atoms with E-state index in [4.69, 9.17) is 5.11 Å². The topological polar surface area (TPSA) is 86.7 Å². The molecule has 0 bridgehead atoms. The maximum atomic E-state index is 12.3. The third-order valence-corrected chi connectivity index (χ3v) is 3.33. The van der Waals surface area contributed by atoms with Crippen molar-refractivity contribution >= 4 is 17.8 Å². The fourth-order valence-corrected chi connectivity index (χ4v) is 2.00. The zero-order valence-corrected chi connectivity index (χ0v) is 10.8. The molecule has 0 saturated carbocycles. The molecule has 2 atom stereocenters. The fourth-order valence-electron chi connectivity index (χ4n) is 2.00. The van der Waals surface area contributed by atoms with Crippen LogP contribution >= 0.6 is 0 Å². The predicted octanol–water partition coefficient (Wildman–Crippen LogP) is 0.224. The molecule has 0 aromatic carbocycles. The van der Waals surface area contributed by atoms with E-state index in [1.54, 1.807) is 0 Å². The smallest absolute Gasteiger partial charge is 0.323 e. The highest BCUT2D eigenvalue weighted by Crippen LogP contribution is 2.16. The van der Waals surface area contributed by atoms with E-state index in [0.717, 1.165) is 0 Å². The van der Waals surface area contributed by atoms with Crippen LogP contribution in [0.3, 0.4) is 0 Å². The lowest BCUT2D eigenvalue weighted by Gasteiger charge is -2.32. The number of nitrogens with zero attached hydrogens (tertiary/aromatic N) is 1. The van der Waals surface area contributed by atoms with E-state index in [1.165, 1.54) is 4.90 Å². The van der Waals surface area contributed by atoms with Crippen LogP contribution in [0.2, 0.25) is 0 Å². The number of piperidine rings is 1. The van der Waals surface area contributed by atoms with E-state index >= 15 is 0 Å². The lowest BCUT2D eigenvalue weighted by atomic mass is 9.96. The Bertz CT molecular complexity index is 333. The largest absolute Gasteiger partial charge is 0.480 e. The van der Waals surface area contributed by atoms with Crippen molar-refractivity contribution in [3.8, 4) is 0 Å². The van der Waals surface area contributed by atoms with Crippen molar-refractivity contribution in [3.63, 3.8) is 0 Å². The molecule has 1 aliphatic heterocycles. The summed E-state index contributed by atoms with van der Waals surface area (Å²) in [5, 5.41) is 11.5. The highest BCUT2D eigenvalue weighted by Gasteiger charge is 2.31. The van der Waals surface area contributed by atoms with Gasteiger partial charge in [0.2, 0.25) is 11.8 Å². The Labute approximate surface area is 106 Å². The van der Waals surface area contributed by atoms with E-state index in [1.807, 2.05) is 13.8 Å². The molecule has 18 heavy (non-hydrogen) atoms. The van der Waals surface area contributed by atoms with Crippen LogP contribution in [0.15, 0.2) is 0 Å². The number of amides is 2. The normalized spacial score (nSPS) is 21.0. The molecule has 1 saturated heterocycles. The number of carboxylic acids is 1. The number of rotatable bonds is 5. The van der Waals surface area contributed by atoms with Crippen molar-refractivity contribution in [3.05, 3.63) is 0 Å². The Morgan fingerprint density at radius 1 is 1.56 bits per heavy atom. The van der Waals surface area contributed by atoms with Gasteiger partial charge in [-0.1, -0.05) is 6.92 Å². The molecule has 6 nitrogen and oxygen atoms in total. The molecule has 1 rings (SSSR count). The molecule has 0 unspecified atom stereocenters. The zero-order chi connectivity index (χ0) is 13.7. The quantitative estimate of drug-likeness (QED) is 0.737. The maximum absolute atomic E-state index is 12.3. The Balaban J connectivity index is 2.69. The average Bonchev–Trinajstić information content (AvgIpc) is 2.35. The van der Waals surface area contributed by atoms with E-state index in [9.17, 15) is 14.4 Å². The standard InChI is InChI=1S/C12H20N2O4/c1-3-8(2)14(7-11(16)17)12(18)9-4-5-10(15)13-6-9/h8-9H,3-7H2,1-2H3,(H,13,15)(H,16,17)/t8-,9+/m1/s1. The SMILES string of the molecule is CC[C@@H](C)N(CC(=O)O)C(=O)[C@H]1CCC(=O)NC1. The van der Waals surface area contributed by atoms with Crippen molar-refractivity contribution < 1.29 is 19.5 Å². The van der Waals surface area contributed by atoms with Crippen LogP contribution in [-0.4, -0.2) is 46.9 Å². The van der Waals surface area contributed by atoms with Gasteiger partial charge >= 0.3 is 5.97 Å². The molecule has 2 N–H and O–H groups in total. The van der Waals surface area contributed by atoms with Gasteiger partial charge in [-0.2, -0.15) is 0 Å². The molecule has 1 fully saturated rings. The van der Waals surface area contributed by atoms with Crippen LogP contribution in [0.4, 0.5) is 0 Å². The summed E-state index contributed by atoms with van der Waals surface area (Å²) in [5.41, 5.74) is 0. The van der Waals surface area contributed by atoms with Crippen LogP contribution in [0.25, 0.3) is 0 Å². The van der Waals surface area contributed by atoms with E-state index in [-0.39, 0.29) is 30.3 Å². The third kappa shape index (κ3) is 3.72. The molecule has 2 amide bonds. The van der Waals surface area contributed by atoms with Gasteiger partial charge < -0.3 is 15.3 Å². The number of hydrogen-bond acceptors (Lipinski definition) is 3. The first kappa shape index (κ1) is 14.5. The van der Waals surface area contributed by atoms with Crippen molar-refractivity contribution in [2.24, 2.45) is 5.92 Å². The Morgan fingerprint density at radius 3 is 2.67 bits per heavy atom. The monoisotopic (exact) mass is 256 g/mol. The minimum Gasteiger partial charge on any atom is -0.480 e. The molecule has 0 radical (unpaired) electrons. The molecule has 0 aromatic heterocycles. The molecule has 6 heteroatoms. The minimum atomic E-state index is -1.01. The Hall–Kier alpha value is -1.59. The summed E-state index contributed by atoms with van der Waals surface area (Å²) in [6.07, 6.45) is 1.53. The number of carbonyl (C=O) groups excluding carboxylic acids is 2. The zero-order valence-electron chi connectivity index (χ0n) is 10.8. The number of carboxylic acid groups (broad SMARTS) is 1. The Kier molecular flexibility index (Phi) is 5.12. The summed E-state index contributed by atoms with van der Waals surface area (Å²) in [7, 11) is 0. The summed E-state index contributed by atoms with van der Waals surface area (Å²) in [5.74, 6) is -1.53. The van der Waals surface area contributed by atoms with Crippen LogP contribution in [0.1, 0.15) is 33.1 Å². The molecule has 0 aliphatic carbocycles. The van der Waals surface area contributed by atoms with Gasteiger partial charge in [-0.3, -0.25) is 14.4 Å². The molecule has 0 aromatic rings. The number of nitrogens with one attached hydrogen (secondary N) is 1. The van der Waals surface area contributed by atoms with Crippen LogP contribution < -0.4 is 5.32 Å². The van der Waals surface area contributed by atoms with Crippen LogP contribution in [-0.2, 0) is 14.4 Å². The van der Waals surface area contributed by atoms with Gasteiger partial charge in [-0.15, -0.1) is 0 Å². The first-order valence-electron chi connectivity index (χ1n) is 6.24. The van der Waals surface area contributed by atoms with Crippen LogP contribution in [0, 0.1) is 5.92 Å². The lowest BCUT2D eigenvalue weighted by Crippen LogP contribution is -2.49. The number of aliphatic carboxylic acids is 1. The fraction of sp³-hybridized carbons (Fsp3) is 0.750. The predicted molar refractivity (Wildman–Crippen MR) is 64.8 cm³/mol. The summed E-state index contributed by atoms with van der Waals surface area (Å²) in [6, 6.07) is -0.105. The van der Waals surface area contributed by atoms with Gasteiger partial charge in [-0.25, -0.2) is 0 Å². The first-order chi connectivity index (χ1) is 8.45. The molecule has 1 heterocycles. The Morgan fingerprint density at radius 2 is 2.22 bits per heavy atom. The maximum Gasteiger partial charge on any atom is 0.323 e. The van der Waals surface area contributed by atoms with E-state index in [2.05, 4.69) is 5.32 Å². The second-order valence-corrected chi connectivity index (χ2v) is 4.66. The second-order valence-electron chi connectivity index (χ2n) is 4.66. The minimum absolute atomic E-state index is 0.0487.